The average Bonchev–Trinajstić information content (AvgIpc) is 1.52. The number of aliphatic carboxylic acids is 5. The number of hydrogen-bond donors (Lipinski definition) is 12. The molecule has 14 N–H and O–H groups in total. The molecule has 5 saturated carbocycles. The molecule has 20 aliphatic rings. The minimum atomic E-state index is -1.04. The Bertz CT molecular complexity index is 4880. The standard InChI is InChI=1S/2C23H36N4O4S.2C22H34N2O4S.C21H32N2O4S/c2*1-12-19-18(13(2)28)22(29)27(19)20(23(30)31)21(12)32-17-10-26(11-17)9-16-6-4-15(5-7-16)8-25-14(3)24;2*1-4-14-5-7-15(8-6-14)9-23-10-16(11-23)29-20-12(2)18-17(13(3)25)21(26)24(18)19(20)22(27)28;1-4-13-5-7-14(8-6-13)22-9-15(10-22)28-19-11(2)17-16(12(3)24)20(25)23(17)18(19)21(26)27/h2*12-13,15-19,28H,4-11H2,1-3H3,(H2,24,25)(H,30,31);2*12-18,25H,4-11H2,1-3H3,(H,27,28);11-17,24H,4-10H2,1-3H3,(H,26,27)/t2*12-,13-,15?,16?,18-,19-;2*12-,13-,14?,15?,17-,18-;11-,12-,13?,14?,16-,17-/m11111/s1. The first-order valence-corrected chi connectivity index (χ1v) is 61.1. The van der Waals surface area contributed by atoms with Crippen LogP contribution < -0.4 is 11.5 Å². The van der Waals surface area contributed by atoms with E-state index in [9.17, 15) is 99.0 Å². The van der Waals surface area contributed by atoms with Gasteiger partial charge in [0.1, 0.15) is 28.5 Å². The van der Waals surface area contributed by atoms with Crippen LogP contribution in [-0.2, 0) is 47.9 Å². The summed E-state index contributed by atoms with van der Waals surface area (Å²) in [5.41, 5.74) is 12.1. The summed E-state index contributed by atoms with van der Waals surface area (Å²) >= 11 is 8.23. The summed E-state index contributed by atoms with van der Waals surface area (Å²) in [7, 11) is 0. The number of carboxylic acid groups (broad SMARTS) is 5. The van der Waals surface area contributed by atoms with E-state index in [1.54, 1.807) is 93.4 Å². The van der Waals surface area contributed by atoms with Crippen molar-refractivity contribution in [3.63, 3.8) is 0 Å². The maximum absolute atomic E-state index is 12.5. The molecule has 10 saturated heterocycles. The Hall–Kier alpha value is -6.31. The van der Waals surface area contributed by atoms with Crippen molar-refractivity contribution in [1.29, 1.82) is 0 Å². The third-order valence-corrected chi connectivity index (χ3v) is 45.0. The SMILES string of the molecule is CC(N)=NCC1CCC(CN2CC(SC3=C(C(=O)O)N4C(=O)[C@H]([C@@H](C)O)[C@H]4[C@H]3C)C2)CC1.CC(N)=NCC1CCC(CN2CC(SC3=C(C(=O)O)N4C(=O)[C@H]([C@@H](C)O)[C@H]4[C@H]3C)C2)CC1.CCC1CCC(CN2CC(SC3=C(C(=O)O)N4C(=O)[C@H]([C@@H](C)O)[C@H]4[C@H]3C)C2)CC1.CCC1CCC(CN2CC(SC3=C(C(=O)O)N4C(=O)[C@H]([C@@H](C)O)[C@H]4[C@H]3C)C2)CC1.CCC1CCC(N2CC(SC3=C(C(=O)O)N4C(=O)[C@H]([C@@H](C)O)[C@H]4[C@H]3C)C2)CC1. The van der Waals surface area contributed by atoms with Gasteiger partial charge in [-0.1, -0.05) is 100 Å². The first-order chi connectivity index (χ1) is 71.3. The van der Waals surface area contributed by atoms with Crippen LogP contribution in [0.5, 0.6) is 0 Å². The van der Waals surface area contributed by atoms with Crippen LogP contribution in [0.1, 0.15) is 252 Å². The van der Waals surface area contributed by atoms with Crippen LogP contribution in [0.15, 0.2) is 63.0 Å². The van der Waals surface area contributed by atoms with Crippen molar-refractivity contribution in [2.45, 2.75) is 345 Å². The van der Waals surface area contributed by atoms with Crippen molar-refractivity contribution in [3.05, 3.63) is 53.0 Å². The number of hydrogen-bond acceptors (Lipinski definition) is 27. The number of thioether (sulfide) groups is 5. The van der Waals surface area contributed by atoms with E-state index >= 15 is 0 Å². The van der Waals surface area contributed by atoms with Gasteiger partial charge < -0.3 is 107 Å². The van der Waals surface area contributed by atoms with Crippen LogP contribution in [0.2, 0.25) is 0 Å². The number of aliphatic hydroxyl groups is 5. The zero-order valence-corrected chi connectivity index (χ0v) is 95.0. The number of nitrogens with zero attached hydrogens (tertiary/aromatic N) is 12. The van der Waals surface area contributed by atoms with E-state index in [4.69, 9.17) is 11.5 Å². The molecule has 0 radical (unpaired) electrons. The zero-order valence-electron chi connectivity index (χ0n) is 90.9. The second kappa shape index (κ2) is 49.4. The van der Waals surface area contributed by atoms with E-state index in [1.807, 2.05) is 48.5 Å². The predicted molar refractivity (Wildman–Crippen MR) is 585 cm³/mol. The van der Waals surface area contributed by atoms with Gasteiger partial charge in [-0.15, -0.1) is 58.8 Å². The highest BCUT2D eigenvalue weighted by atomic mass is 32.2. The maximum Gasteiger partial charge on any atom is 0.353 e. The van der Waals surface area contributed by atoms with Crippen molar-refractivity contribution in [1.82, 2.24) is 49.0 Å². The fraction of sp³-hybridized carbons (Fsp3) is 0.802. The van der Waals surface area contributed by atoms with E-state index in [0.29, 0.717) is 55.8 Å². The number of aliphatic hydroxyl groups excluding tert-OH is 5. The monoisotopic (exact) mass is 2180 g/mol. The number of amidine groups is 2. The number of β-lactam (4-membered cyclic amide) rings is 5. The van der Waals surface area contributed by atoms with Gasteiger partial charge in [-0.2, -0.15) is 0 Å². The van der Waals surface area contributed by atoms with Gasteiger partial charge in [0.05, 0.1) is 102 Å². The third kappa shape index (κ3) is 24.3. The van der Waals surface area contributed by atoms with Crippen LogP contribution in [0.3, 0.4) is 0 Å². The Morgan fingerprint density at radius 1 is 0.293 bits per heavy atom. The molecule has 39 heteroatoms. The van der Waals surface area contributed by atoms with E-state index in [-0.39, 0.29) is 118 Å². The molecule has 5 amide bonds. The van der Waals surface area contributed by atoms with Crippen molar-refractivity contribution in [3.8, 4) is 0 Å². The molecular weight excluding hydrogens is 2010 g/mol. The number of aliphatic imine (C=N–C) groups is 2. The summed E-state index contributed by atoms with van der Waals surface area (Å²) in [6.45, 7) is 44.8. The van der Waals surface area contributed by atoms with E-state index in [1.165, 1.54) is 185 Å². The summed E-state index contributed by atoms with van der Waals surface area (Å²) in [5, 5.41) is 100. The molecule has 5 aliphatic carbocycles. The first kappa shape index (κ1) is 116. The highest BCUT2D eigenvalue weighted by Gasteiger charge is 2.66. The summed E-state index contributed by atoms with van der Waals surface area (Å²) in [4.78, 5) is 154. The van der Waals surface area contributed by atoms with Gasteiger partial charge in [0.2, 0.25) is 29.5 Å². The third-order valence-electron chi connectivity index (χ3n) is 37.8. The highest BCUT2D eigenvalue weighted by molar-refractivity contribution is 8.04. The lowest BCUT2D eigenvalue weighted by atomic mass is 9.79. The number of nitrogens with two attached hydrogens (primary N) is 2. The fourth-order valence-corrected chi connectivity index (χ4v) is 36.7. The van der Waals surface area contributed by atoms with Gasteiger partial charge in [0, 0.05) is 191 Å². The largest absolute Gasteiger partial charge is 0.477 e. The van der Waals surface area contributed by atoms with Crippen LogP contribution in [0.25, 0.3) is 0 Å². The second-order valence-corrected chi connectivity index (χ2v) is 55.0. The smallest absolute Gasteiger partial charge is 0.353 e. The number of amides is 5. The Labute approximate surface area is 908 Å². The number of fused-ring (bicyclic) bond motifs is 5. The van der Waals surface area contributed by atoms with Crippen LogP contribution >= 0.6 is 58.8 Å². The molecule has 15 fully saturated rings. The highest BCUT2D eigenvalue weighted by Crippen LogP contribution is 2.59. The normalized spacial score (nSPS) is 36.0. The Morgan fingerprint density at radius 3 is 0.640 bits per heavy atom. The minimum Gasteiger partial charge on any atom is -0.477 e. The molecule has 0 aromatic heterocycles. The molecule has 0 spiro atoms. The summed E-state index contributed by atoms with van der Waals surface area (Å²) in [6, 6.07) is -0.386. The number of rotatable bonds is 36. The van der Waals surface area contributed by atoms with E-state index < -0.39 is 90.0 Å². The van der Waals surface area contributed by atoms with Crippen molar-refractivity contribution >= 4 is 130 Å². The summed E-state index contributed by atoms with van der Waals surface area (Å²) in [5.74, 6) is -0.525. The molecule has 15 heterocycles. The number of carbonyl (C=O) groups is 10. The molecule has 20 atom stereocenters. The van der Waals surface area contributed by atoms with E-state index in [2.05, 4.69) is 55.3 Å². The molecule has 20 rings (SSSR count). The van der Waals surface area contributed by atoms with Crippen LogP contribution in [0, 0.1) is 112 Å². The molecule has 150 heavy (non-hydrogen) atoms. The quantitative estimate of drug-likeness (QED) is 0.0157. The Morgan fingerprint density at radius 2 is 0.467 bits per heavy atom. The van der Waals surface area contributed by atoms with Crippen LogP contribution in [-0.4, -0.2) is 369 Å². The van der Waals surface area contributed by atoms with Crippen LogP contribution in [0.4, 0.5) is 0 Å². The molecule has 0 unspecified atom stereocenters. The predicted octanol–water partition coefficient (Wildman–Crippen LogP) is 11.6. The zero-order chi connectivity index (χ0) is 108. The Kier molecular flexibility index (Phi) is 38.3. The van der Waals surface area contributed by atoms with Crippen molar-refractivity contribution in [2.75, 3.05) is 105 Å². The lowest BCUT2D eigenvalue weighted by molar-refractivity contribution is -0.163. The maximum atomic E-state index is 12.5. The van der Waals surface area contributed by atoms with Gasteiger partial charge in [-0.05, 0) is 204 Å². The number of carboxylic acids is 5. The van der Waals surface area contributed by atoms with Crippen molar-refractivity contribution in [2.24, 2.45) is 134 Å². The topological polar surface area (TPSA) is 482 Å². The summed E-state index contributed by atoms with van der Waals surface area (Å²) in [6.07, 6.45) is 26.1. The lowest BCUT2D eigenvalue weighted by Crippen LogP contribution is -2.63. The van der Waals surface area contributed by atoms with Gasteiger partial charge in [-0.25, -0.2) is 24.0 Å². The van der Waals surface area contributed by atoms with Gasteiger partial charge in [-0.3, -0.25) is 38.9 Å². The molecule has 15 aliphatic heterocycles. The molecular formula is C111H172N14O20S5. The lowest BCUT2D eigenvalue weighted by Gasteiger charge is -2.47. The fourth-order valence-electron chi connectivity index (χ4n) is 28.9. The number of carbonyl (C=O) groups excluding carboxylic acids is 5. The molecule has 0 aromatic rings. The van der Waals surface area contributed by atoms with Gasteiger partial charge in [0.15, 0.2) is 0 Å². The molecule has 836 valence electrons. The average molecular weight is 2180 g/mol. The summed E-state index contributed by atoms with van der Waals surface area (Å²) < 4.78 is 0. The Balaban J connectivity index is 0.000000134. The molecule has 0 aromatic carbocycles. The van der Waals surface area contributed by atoms with Gasteiger partial charge >= 0.3 is 29.8 Å². The first-order valence-electron chi connectivity index (χ1n) is 56.7. The minimum absolute atomic E-state index is 0.0255. The van der Waals surface area contributed by atoms with Gasteiger partial charge in [0.25, 0.3) is 0 Å². The van der Waals surface area contributed by atoms with Crippen molar-refractivity contribution < 1.29 is 99.0 Å². The molecule has 34 nitrogen and oxygen atoms in total. The van der Waals surface area contributed by atoms with E-state index in [0.717, 1.165) is 158 Å². The molecule has 0 bridgehead atoms. The number of likely N-dealkylation sites (tertiary alicyclic amines) is 5. The second-order valence-electron chi connectivity index (χ2n) is 48.3.